The molecule has 0 amide bonds. The largest absolute Gasteiger partial charge is 0.611 e. The van der Waals surface area contributed by atoms with Crippen molar-refractivity contribution in [1.29, 1.82) is 0 Å². The molecule has 1 aromatic carbocycles. The predicted octanol–water partition coefficient (Wildman–Crippen LogP) is 1.70. The van der Waals surface area contributed by atoms with Gasteiger partial charge in [-0.15, -0.1) is 0 Å². The van der Waals surface area contributed by atoms with Gasteiger partial charge in [-0.05, 0) is 29.4 Å². The van der Waals surface area contributed by atoms with Crippen LogP contribution in [0.1, 0.15) is 0 Å². The molecule has 1 heterocycles. The molecule has 2 rings (SSSR count). The van der Waals surface area contributed by atoms with Crippen molar-refractivity contribution in [2.45, 2.75) is 4.21 Å². The normalized spacial score (nSPS) is 12.9. The second-order valence-electron chi connectivity index (χ2n) is 3.06. The molecule has 1 N–H and O–H groups in total. The smallest absolute Gasteiger partial charge is 0.210 e. The summed E-state index contributed by atoms with van der Waals surface area (Å²) in [6.07, 6.45) is 1.53. The monoisotopic (exact) mass is 240 g/mol. The standard InChI is InChI=1S/C10H8O3S2/c1-15(13)10-5-8(12)7-3-2-6(11)4-9(7)14-10/h2-5,11H,1H3. The summed E-state index contributed by atoms with van der Waals surface area (Å²) in [5.41, 5.74) is -0.158. The van der Waals surface area contributed by atoms with Gasteiger partial charge < -0.3 is 9.66 Å². The lowest BCUT2D eigenvalue weighted by atomic mass is 10.2. The van der Waals surface area contributed by atoms with E-state index in [-0.39, 0.29) is 11.2 Å². The van der Waals surface area contributed by atoms with Gasteiger partial charge in [0, 0.05) is 10.1 Å². The molecule has 0 saturated carbocycles. The van der Waals surface area contributed by atoms with Crippen molar-refractivity contribution in [3.63, 3.8) is 0 Å². The molecule has 1 unspecified atom stereocenters. The van der Waals surface area contributed by atoms with Crippen LogP contribution in [0.25, 0.3) is 10.1 Å². The van der Waals surface area contributed by atoms with E-state index in [9.17, 15) is 14.5 Å². The lowest BCUT2D eigenvalue weighted by molar-refractivity contribution is 0.476. The van der Waals surface area contributed by atoms with Crippen LogP contribution in [0.2, 0.25) is 0 Å². The van der Waals surface area contributed by atoms with E-state index < -0.39 is 11.2 Å². The van der Waals surface area contributed by atoms with Gasteiger partial charge in [0.25, 0.3) is 0 Å². The van der Waals surface area contributed by atoms with Crippen LogP contribution in [0.15, 0.2) is 33.3 Å². The van der Waals surface area contributed by atoms with E-state index in [2.05, 4.69) is 0 Å². The van der Waals surface area contributed by atoms with E-state index in [1.807, 2.05) is 0 Å². The molecule has 78 valence electrons. The fourth-order valence-corrected chi connectivity index (χ4v) is 3.12. The van der Waals surface area contributed by atoms with Crippen molar-refractivity contribution >= 4 is 32.6 Å². The van der Waals surface area contributed by atoms with Gasteiger partial charge in [-0.2, -0.15) is 0 Å². The number of hydrogen-bond acceptors (Lipinski definition) is 4. The average Bonchev–Trinajstić information content (AvgIpc) is 2.16. The Morgan fingerprint density at radius 1 is 1.40 bits per heavy atom. The zero-order valence-electron chi connectivity index (χ0n) is 7.89. The number of hydrogen-bond donors (Lipinski definition) is 1. The molecule has 15 heavy (non-hydrogen) atoms. The fourth-order valence-electron chi connectivity index (χ4n) is 1.26. The fraction of sp³-hybridized carbons (Fsp3) is 0.100. The first-order valence-electron chi connectivity index (χ1n) is 4.18. The van der Waals surface area contributed by atoms with Gasteiger partial charge in [0.15, 0.2) is 5.43 Å². The molecule has 0 aliphatic carbocycles. The zero-order valence-corrected chi connectivity index (χ0v) is 9.52. The highest BCUT2D eigenvalue weighted by molar-refractivity contribution is 7.92. The Bertz CT molecular complexity index is 560. The third kappa shape index (κ3) is 1.99. The maximum Gasteiger partial charge on any atom is 0.210 e. The number of phenolic OH excluding ortho intramolecular Hbond substituents is 1. The third-order valence-corrected chi connectivity index (χ3v) is 4.49. The Morgan fingerprint density at radius 2 is 2.13 bits per heavy atom. The minimum absolute atomic E-state index is 0.109. The maximum atomic E-state index is 11.6. The van der Waals surface area contributed by atoms with E-state index in [4.69, 9.17) is 0 Å². The van der Waals surface area contributed by atoms with Crippen LogP contribution >= 0.6 is 11.3 Å². The molecule has 0 aliphatic heterocycles. The Hall–Kier alpha value is -1.04. The SMILES string of the molecule is C[S+]([O-])c1cc(=O)c2ccc(O)cc2s1. The molecule has 0 spiro atoms. The van der Waals surface area contributed by atoms with Crippen LogP contribution in [-0.2, 0) is 11.2 Å². The van der Waals surface area contributed by atoms with Crippen molar-refractivity contribution < 1.29 is 9.66 Å². The van der Waals surface area contributed by atoms with E-state index in [1.54, 1.807) is 6.07 Å². The van der Waals surface area contributed by atoms with E-state index in [0.717, 1.165) is 0 Å². The molecular weight excluding hydrogens is 232 g/mol. The molecule has 0 radical (unpaired) electrons. The quantitative estimate of drug-likeness (QED) is 0.772. The van der Waals surface area contributed by atoms with Gasteiger partial charge in [-0.25, -0.2) is 0 Å². The summed E-state index contributed by atoms with van der Waals surface area (Å²) in [5.74, 6) is 0.109. The first kappa shape index (κ1) is 10.5. The van der Waals surface area contributed by atoms with E-state index in [0.29, 0.717) is 14.3 Å². The number of benzene rings is 1. The van der Waals surface area contributed by atoms with Gasteiger partial charge in [-0.1, -0.05) is 11.3 Å². The van der Waals surface area contributed by atoms with Crippen molar-refractivity contribution in [2.75, 3.05) is 6.26 Å². The minimum Gasteiger partial charge on any atom is -0.611 e. The first-order valence-corrected chi connectivity index (χ1v) is 6.55. The summed E-state index contributed by atoms with van der Waals surface area (Å²) >= 11 is 0.0981. The van der Waals surface area contributed by atoms with Crippen LogP contribution in [-0.4, -0.2) is 15.9 Å². The van der Waals surface area contributed by atoms with Crippen molar-refractivity contribution in [3.8, 4) is 5.75 Å². The van der Waals surface area contributed by atoms with Crippen LogP contribution in [0.4, 0.5) is 0 Å². The highest BCUT2D eigenvalue weighted by atomic mass is 32.2. The van der Waals surface area contributed by atoms with Crippen molar-refractivity contribution in [1.82, 2.24) is 0 Å². The van der Waals surface area contributed by atoms with E-state index in [1.165, 1.54) is 35.8 Å². The van der Waals surface area contributed by atoms with Gasteiger partial charge in [0.05, 0.1) is 6.07 Å². The molecular formula is C10H8O3S2. The lowest BCUT2D eigenvalue weighted by Gasteiger charge is -2.03. The molecule has 1 atom stereocenters. The summed E-state index contributed by atoms with van der Waals surface area (Å²) in [6, 6.07) is 5.95. The predicted molar refractivity (Wildman–Crippen MR) is 62.1 cm³/mol. The van der Waals surface area contributed by atoms with Gasteiger partial charge in [0.2, 0.25) is 4.21 Å². The maximum absolute atomic E-state index is 11.6. The topological polar surface area (TPSA) is 60.4 Å². The number of rotatable bonds is 1. The Labute approximate surface area is 93.2 Å². The van der Waals surface area contributed by atoms with Crippen molar-refractivity contribution in [3.05, 3.63) is 34.5 Å². The summed E-state index contributed by atoms with van der Waals surface area (Å²) < 4.78 is 12.4. The van der Waals surface area contributed by atoms with Gasteiger partial charge >= 0.3 is 0 Å². The Morgan fingerprint density at radius 3 is 2.80 bits per heavy atom. The summed E-state index contributed by atoms with van der Waals surface area (Å²) in [4.78, 5) is 11.6. The van der Waals surface area contributed by atoms with Crippen LogP contribution < -0.4 is 5.43 Å². The second-order valence-corrected chi connectivity index (χ2v) is 5.75. The minimum atomic E-state index is -1.16. The molecule has 0 saturated heterocycles. The Balaban J connectivity index is 2.80. The molecule has 5 heteroatoms. The Kier molecular flexibility index (Phi) is 2.68. The lowest BCUT2D eigenvalue weighted by Crippen LogP contribution is -2.04. The number of fused-ring (bicyclic) bond motifs is 1. The van der Waals surface area contributed by atoms with E-state index >= 15 is 0 Å². The summed E-state index contributed by atoms with van der Waals surface area (Å²) in [5, 5.41) is 9.83. The molecule has 1 aromatic heterocycles. The molecule has 0 aliphatic rings. The van der Waals surface area contributed by atoms with Crippen molar-refractivity contribution in [2.24, 2.45) is 0 Å². The zero-order chi connectivity index (χ0) is 11.0. The second kappa shape index (κ2) is 3.84. The molecule has 2 aromatic rings. The van der Waals surface area contributed by atoms with Gasteiger partial charge in [0.1, 0.15) is 12.0 Å². The van der Waals surface area contributed by atoms with Crippen LogP contribution in [0.3, 0.4) is 0 Å². The van der Waals surface area contributed by atoms with Crippen LogP contribution in [0.5, 0.6) is 5.75 Å². The molecule has 0 bridgehead atoms. The highest BCUT2D eigenvalue weighted by Crippen LogP contribution is 2.25. The summed E-state index contributed by atoms with van der Waals surface area (Å²) in [6.45, 7) is 0. The third-order valence-electron chi connectivity index (χ3n) is 1.97. The van der Waals surface area contributed by atoms with Gasteiger partial charge in [-0.3, -0.25) is 4.79 Å². The molecule has 3 nitrogen and oxygen atoms in total. The van der Waals surface area contributed by atoms with Crippen LogP contribution in [0, 0.1) is 0 Å². The number of phenols is 1. The highest BCUT2D eigenvalue weighted by Gasteiger charge is 2.10. The summed E-state index contributed by atoms with van der Waals surface area (Å²) in [7, 11) is 0. The first-order chi connectivity index (χ1) is 7.08. The average molecular weight is 240 g/mol. The molecule has 0 fully saturated rings. The number of aromatic hydroxyl groups is 1.